The summed E-state index contributed by atoms with van der Waals surface area (Å²) in [6.45, 7) is 2.74. The third kappa shape index (κ3) is 2.80. The van der Waals surface area contributed by atoms with Gasteiger partial charge in [-0.25, -0.2) is 9.37 Å². The molecule has 6 heteroatoms. The number of fused-ring (bicyclic) bond motifs is 1. The predicted molar refractivity (Wildman–Crippen MR) is 87.3 cm³/mol. The van der Waals surface area contributed by atoms with Crippen LogP contribution < -0.4 is 0 Å². The van der Waals surface area contributed by atoms with E-state index in [0.29, 0.717) is 24.4 Å². The number of imidazole rings is 1. The lowest BCUT2D eigenvalue weighted by atomic mass is 10.2. The van der Waals surface area contributed by atoms with Crippen LogP contribution in [0.15, 0.2) is 22.9 Å². The lowest BCUT2D eigenvalue weighted by molar-refractivity contribution is 0.628. The molecule has 2 aromatic heterocycles. The van der Waals surface area contributed by atoms with Crippen molar-refractivity contribution >= 4 is 45.6 Å². The summed E-state index contributed by atoms with van der Waals surface area (Å²) in [5.41, 5.74) is 3.90. The monoisotopic (exact) mass is 342 g/mol. The fraction of sp³-hybridized carbons (Fsp3) is 0.267. The van der Waals surface area contributed by atoms with Crippen LogP contribution >= 0.6 is 34.5 Å². The van der Waals surface area contributed by atoms with Gasteiger partial charge in [-0.3, -0.25) is 0 Å². The van der Waals surface area contributed by atoms with Crippen molar-refractivity contribution in [2.45, 2.75) is 19.9 Å². The van der Waals surface area contributed by atoms with Gasteiger partial charge in [0.2, 0.25) is 0 Å². The molecule has 0 bridgehead atoms. The van der Waals surface area contributed by atoms with E-state index in [9.17, 15) is 4.39 Å². The molecule has 21 heavy (non-hydrogen) atoms. The van der Waals surface area contributed by atoms with Crippen molar-refractivity contribution in [2.75, 3.05) is 5.88 Å². The lowest BCUT2D eigenvalue weighted by Crippen LogP contribution is -2.06. The number of halogens is 3. The number of hydrogen-bond acceptors (Lipinski definition) is 2. The number of nitrogens with zero attached hydrogens (tertiary/aromatic N) is 2. The molecule has 0 aliphatic carbocycles. The molecule has 2 nitrogen and oxygen atoms in total. The van der Waals surface area contributed by atoms with Gasteiger partial charge in [-0.2, -0.15) is 11.3 Å². The minimum Gasteiger partial charge on any atom is -0.323 e. The summed E-state index contributed by atoms with van der Waals surface area (Å²) in [5, 5.41) is 4.31. The summed E-state index contributed by atoms with van der Waals surface area (Å²) in [4.78, 5) is 4.55. The molecule has 0 N–H and O–H groups in total. The van der Waals surface area contributed by atoms with E-state index in [2.05, 4.69) is 22.7 Å². The Morgan fingerprint density at radius 1 is 1.33 bits per heavy atom. The van der Waals surface area contributed by atoms with Crippen LogP contribution in [0.25, 0.3) is 11.0 Å². The summed E-state index contributed by atoms with van der Waals surface area (Å²) in [5.74, 6) is 0.902. The predicted octanol–water partition coefficient (Wildman–Crippen LogP) is 5.03. The SMILES string of the molecule is Cc1cscc1Cn1c(CCCl)nc2cc(Cl)c(F)cc21. The molecule has 0 atom stereocenters. The van der Waals surface area contributed by atoms with Gasteiger partial charge in [0, 0.05) is 18.4 Å². The molecular weight excluding hydrogens is 330 g/mol. The van der Waals surface area contributed by atoms with Crippen LogP contribution in [0, 0.1) is 12.7 Å². The first-order valence-corrected chi connectivity index (χ1v) is 8.37. The van der Waals surface area contributed by atoms with E-state index in [1.165, 1.54) is 17.2 Å². The van der Waals surface area contributed by atoms with Crippen LogP contribution in [0.4, 0.5) is 4.39 Å². The summed E-state index contributed by atoms with van der Waals surface area (Å²) < 4.78 is 15.8. The average Bonchev–Trinajstić information content (AvgIpc) is 2.98. The Balaban J connectivity index is 2.15. The highest BCUT2D eigenvalue weighted by Crippen LogP contribution is 2.26. The third-order valence-electron chi connectivity index (χ3n) is 3.48. The van der Waals surface area contributed by atoms with Gasteiger partial charge in [-0.1, -0.05) is 11.6 Å². The maximum atomic E-state index is 13.8. The van der Waals surface area contributed by atoms with Crippen molar-refractivity contribution in [2.24, 2.45) is 0 Å². The van der Waals surface area contributed by atoms with Crippen molar-refractivity contribution in [3.05, 3.63) is 50.7 Å². The van der Waals surface area contributed by atoms with Crippen LogP contribution in [0.3, 0.4) is 0 Å². The fourth-order valence-electron chi connectivity index (χ4n) is 2.34. The van der Waals surface area contributed by atoms with Gasteiger partial charge in [0.05, 0.1) is 22.6 Å². The molecule has 1 aromatic carbocycles. The van der Waals surface area contributed by atoms with E-state index in [4.69, 9.17) is 23.2 Å². The minimum atomic E-state index is -0.426. The molecule has 0 fully saturated rings. The van der Waals surface area contributed by atoms with Crippen molar-refractivity contribution < 1.29 is 4.39 Å². The van der Waals surface area contributed by atoms with E-state index in [1.54, 1.807) is 17.4 Å². The Bertz CT molecular complexity index is 794. The molecule has 0 aliphatic rings. The van der Waals surface area contributed by atoms with Crippen LogP contribution in [0.5, 0.6) is 0 Å². The van der Waals surface area contributed by atoms with Crippen LogP contribution in [0.2, 0.25) is 5.02 Å². The first kappa shape index (κ1) is 14.8. The highest BCUT2D eigenvalue weighted by Gasteiger charge is 2.14. The summed E-state index contributed by atoms with van der Waals surface area (Å²) >= 11 is 13.4. The Hall–Kier alpha value is -1.10. The highest BCUT2D eigenvalue weighted by atomic mass is 35.5. The van der Waals surface area contributed by atoms with Crippen LogP contribution in [-0.4, -0.2) is 15.4 Å². The number of hydrogen-bond donors (Lipinski definition) is 0. The largest absolute Gasteiger partial charge is 0.323 e. The van der Waals surface area contributed by atoms with Gasteiger partial charge in [-0.15, -0.1) is 11.6 Å². The lowest BCUT2D eigenvalue weighted by Gasteiger charge is -2.08. The Morgan fingerprint density at radius 2 is 2.14 bits per heavy atom. The molecule has 110 valence electrons. The average molecular weight is 343 g/mol. The molecular formula is C15H13Cl2FN2S. The highest BCUT2D eigenvalue weighted by molar-refractivity contribution is 7.08. The zero-order valence-electron chi connectivity index (χ0n) is 11.4. The second kappa shape index (κ2) is 5.95. The molecule has 0 spiro atoms. The second-order valence-electron chi connectivity index (χ2n) is 4.89. The number of aryl methyl sites for hydroxylation is 2. The number of alkyl halides is 1. The van der Waals surface area contributed by atoms with Gasteiger partial charge < -0.3 is 4.57 Å². The van der Waals surface area contributed by atoms with E-state index < -0.39 is 5.82 Å². The van der Waals surface area contributed by atoms with Crippen LogP contribution in [0.1, 0.15) is 17.0 Å². The van der Waals surface area contributed by atoms with E-state index in [-0.39, 0.29) is 5.02 Å². The fourth-order valence-corrected chi connectivity index (χ4v) is 3.52. The molecule has 0 radical (unpaired) electrons. The van der Waals surface area contributed by atoms with Crippen LogP contribution in [-0.2, 0) is 13.0 Å². The van der Waals surface area contributed by atoms with E-state index in [0.717, 1.165) is 11.3 Å². The Labute approximate surface area is 136 Å². The first-order valence-electron chi connectivity index (χ1n) is 6.52. The molecule has 0 saturated carbocycles. The van der Waals surface area contributed by atoms with Crippen molar-refractivity contribution in [1.29, 1.82) is 0 Å². The number of aromatic nitrogens is 2. The van der Waals surface area contributed by atoms with Gasteiger partial charge >= 0.3 is 0 Å². The number of thiophene rings is 1. The molecule has 0 unspecified atom stereocenters. The number of benzene rings is 1. The zero-order valence-corrected chi connectivity index (χ0v) is 13.7. The molecule has 3 aromatic rings. The zero-order chi connectivity index (χ0) is 15.0. The third-order valence-corrected chi connectivity index (χ3v) is 4.87. The van der Waals surface area contributed by atoms with E-state index >= 15 is 0 Å². The van der Waals surface area contributed by atoms with E-state index in [1.807, 2.05) is 4.57 Å². The van der Waals surface area contributed by atoms with Crippen molar-refractivity contribution in [1.82, 2.24) is 9.55 Å². The smallest absolute Gasteiger partial charge is 0.144 e. The quantitative estimate of drug-likeness (QED) is 0.608. The standard InChI is InChI=1S/C15H13Cl2FN2S/c1-9-7-21-8-10(9)6-20-14-5-12(18)11(17)4-13(14)19-15(20)2-3-16/h4-5,7-8H,2-3,6H2,1H3. The molecule has 0 amide bonds. The van der Waals surface area contributed by atoms with Gasteiger partial charge in [-0.05, 0) is 34.9 Å². The Kier molecular flexibility index (Phi) is 4.20. The van der Waals surface area contributed by atoms with Gasteiger partial charge in [0.25, 0.3) is 0 Å². The maximum Gasteiger partial charge on any atom is 0.144 e. The molecule has 3 rings (SSSR count). The van der Waals surface area contributed by atoms with Crippen molar-refractivity contribution in [3.8, 4) is 0 Å². The minimum absolute atomic E-state index is 0.0938. The summed E-state index contributed by atoms with van der Waals surface area (Å²) in [6, 6.07) is 3.02. The normalized spacial score (nSPS) is 11.4. The Morgan fingerprint density at radius 3 is 2.81 bits per heavy atom. The molecule has 2 heterocycles. The maximum absolute atomic E-state index is 13.8. The van der Waals surface area contributed by atoms with Crippen molar-refractivity contribution in [3.63, 3.8) is 0 Å². The summed E-state index contributed by atoms with van der Waals surface area (Å²) in [7, 11) is 0. The molecule has 0 aliphatic heterocycles. The second-order valence-corrected chi connectivity index (χ2v) is 6.42. The topological polar surface area (TPSA) is 17.8 Å². The summed E-state index contributed by atoms with van der Waals surface area (Å²) in [6.07, 6.45) is 0.638. The number of rotatable bonds is 4. The van der Waals surface area contributed by atoms with Gasteiger partial charge in [0.1, 0.15) is 11.6 Å². The first-order chi connectivity index (χ1) is 10.1. The molecule has 0 saturated heterocycles. The van der Waals surface area contributed by atoms with Gasteiger partial charge in [0.15, 0.2) is 0 Å².